The number of hydrogen-bond acceptors (Lipinski definition) is 5. The molecule has 0 spiro atoms. The number of halogens is 1. The average Bonchev–Trinajstić information content (AvgIpc) is 3.29. The highest BCUT2D eigenvalue weighted by atomic mass is 19.1. The number of carboxylic acid groups (broad SMARTS) is 1. The van der Waals surface area contributed by atoms with Crippen LogP contribution in [-0.4, -0.2) is 60.4 Å². The van der Waals surface area contributed by atoms with Crippen molar-refractivity contribution in [2.75, 3.05) is 30.9 Å². The number of aromatic carboxylic acids is 1. The summed E-state index contributed by atoms with van der Waals surface area (Å²) >= 11 is 0. The molecule has 9 nitrogen and oxygen atoms in total. The third kappa shape index (κ3) is 6.20. The molecular formula is C28H28FN3O6. The van der Waals surface area contributed by atoms with Gasteiger partial charge in [-0.25, -0.2) is 14.0 Å². The van der Waals surface area contributed by atoms with Crippen LogP contribution in [0.1, 0.15) is 32.7 Å². The number of para-hydroxylation sites is 1. The lowest BCUT2D eigenvalue weighted by atomic mass is 10.1. The highest BCUT2D eigenvalue weighted by molar-refractivity contribution is 6.02. The summed E-state index contributed by atoms with van der Waals surface area (Å²) in [5.74, 6) is -0.744. The third-order valence-electron chi connectivity index (χ3n) is 6.26. The van der Waals surface area contributed by atoms with Crippen LogP contribution in [0.2, 0.25) is 0 Å². The number of anilines is 2. The summed E-state index contributed by atoms with van der Waals surface area (Å²) in [6, 6.07) is 16.8. The van der Waals surface area contributed by atoms with E-state index >= 15 is 0 Å². The first-order valence-electron chi connectivity index (χ1n) is 12.0. The Hall–Kier alpha value is -4.60. The zero-order chi connectivity index (χ0) is 27.2. The van der Waals surface area contributed by atoms with Crippen molar-refractivity contribution in [3.63, 3.8) is 0 Å². The number of hydrogen-bond donors (Lipinski definition) is 3. The first-order valence-corrected chi connectivity index (χ1v) is 12.0. The van der Waals surface area contributed by atoms with Crippen LogP contribution in [0.5, 0.6) is 11.5 Å². The average molecular weight is 522 g/mol. The smallest absolute Gasteiger partial charge is 0.335 e. The molecule has 3 aromatic rings. The summed E-state index contributed by atoms with van der Waals surface area (Å²) in [5.41, 5.74) is 2.33. The van der Waals surface area contributed by atoms with Crippen LogP contribution < -0.4 is 20.1 Å². The second-order valence-corrected chi connectivity index (χ2v) is 8.89. The standard InChI is InChI=1S/C28H28FN3O6/c1-17-5-3-4-6-23(17)30-28(36)31-24-12-9-19(13-25(24)37-2)26(33)32-15-20(29)14-21(32)16-38-22-10-7-18(8-11-22)27(34)35/h3-13,20-21H,14-16H2,1-2H3,(H,34,35)(H2,30,31,36). The fourth-order valence-corrected chi connectivity index (χ4v) is 4.23. The van der Waals surface area contributed by atoms with E-state index in [2.05, 4.69) is 10.6 Å². The lowest BCUT2D eigenvalue weighted by molar-refractivity contribution is 0.0679. The fraction of sp³-hybridized carbons (Fsp3) is 0.250. The minimum atomic E-state index is -1.20. The Labute approximate surface area is 219 Å². The molecule has 4 rings (SSSR count). The number of likely N-dealkylation sites (tertiary alicyclic amines) is 1. The van der Waals surface area contributed by atoms with Crippen LogP contribution in [-0.2, 0) is 0 Å². The van der Waals surface area contributed by atoms with Gasteiger partial charge in [-0.2, -0.15) is 0 Å². The molecule has 1 saturated heterocycles. The number of urea groups is 1. The molecule has 2 atom stereocenters. The molecule has 198 valence electrons. The minimum absolute atomic E-state index is 0.0500. The summed E-state index contributed by atoms with van der Waals surface area (Å²) in [7, 11) is 1.42. The zero-order valence-corrected chi connectivity index (χ0v) is 20.9. The molecule has 3 amide bonds. The molecule has 1 aliphatic heterocycles. The zero-order valence-electron chi connectivity index (χ0n) is 20.9. The number of carbonyl (C=O) groups excluding carboxylic acids is 2. The predicted molar refractivity (Wildman–Crippen MR) is 140 cm³/mol. The molecule has 0 aliphatic carbocycles. The molecule has 2 unspecified atom stereocenters. The Kier molecular flexibility index (Phi) is 8.10. The molecular weight excluding hydrogens is 493 g/mol. The van der Waals surface area contributed by atoms with Crippen LogP contribution in [0.15, 0.2) is 66.7 Å². The molecule has 0 aromatic heterocycles. The molecule has 3 N–H and O–H groups in total. The maximum atomic E-state index is 14.3. The van der Waals surface area contributed by atoms with E-state index < -0.39 is 30.1 Å². The maximum Gasteiger partial charge on any atom is 0.335 e. The van der Waals surface area contributed by atoms with E-state index in [0.717, 1.165) is 5.56 Å². The number of rotatable bonds is 8. The Balaban J connectivity index is 1.43. The van der Waals surface area contributed by atoms with E-state index in [1.54, 1.807) is 18.2 Å². The highest BCUT2D eigenvalue weighted by Crippen LogP contribution is 2.29. The van der Waals surface area contributed by atoms with Gasteiger partial charge in [0.25, 0.3) is 5.91 Å². The second-order valence-electron chi connectivity index (χ2n) is 8.89. The van der Waals surface area contributed by atoms with E-state index in [4.69, 9.17) is 14.6 Å². The highest BCUT2D eigenvalue weighted by Gasteiger charge is 2.36. The summed E-state index contributed by atoms with van der Waals surface area (Å²) in [4.78, 5) is 38.2. The largest absolute Gasteiger partial charge is 0.495 e. The quantitative estimate of drug-likeness (QED) is 0.385. The Morgan fingerprint density at radius 3 is 2.37 bits per heavy atom. The SMILES string of the molecule is COc1cc(C(=O)N2CC(F)CC2COc2ccc(C(=O)O)cc2)ccc1NC(=O)Nc1ccccc1C. The molecule has 38 heavy (non-hydrogen) atoms. The summed E-state index contributed by atoms with van der Waals surface area (Å²) < 4.78 is 25.5. The van der Waals surface area contributed by atoms with Crippen molar-refractivity contribution >= 4 is 29.3 Å². The lowest BCUT2D eigenvalue weighted by Gasteiger charge is -2.25. The number of nitrogens with one attached hydrogen (secondary N) is 2. The van der Waals surface area contributed by atoms with Crippen LogP contribution >= 0.6 is 0 Å². The van der Waals surface area contributed by atoms with Crippen LogP contribution in [0.3, 0.4) is 0 Å². The van der Waals surface area contributed by atoms with Crippen molar-refractivity contribution in [3.8, 4) is 11.5 Å². The lowest BCUT2D eigenvalue weighted by Crippen LogP contribution is -2.39. The number of ether oxygens (including phenoxy) is 2. The van der Waals surface area contributed by atoms with Crippen LogP contribution in [0, 0.1) is 6.92 Å². The summed E-state index contributed by atoms with van der Waals surface area (Å²) in [6.45, 7) is 1.85. The Bertz CT molecular complexity index is 1330. The van der Waals surface area contributed by atoms with Crippen LogP contribution in [0.4, 0.5) is 20.6 Å². The van der Waals surface area contributed by atoms with Gasteiger partial charge < -0.3 is 30.1 Å². The molecule has 3 aromatic carbocycles. The van der Waals surface area contributed by atoms with Crippen LogP contribution in [0.25, 0.3) is 0 Å². The van der Waals surface area contributed by atoms with Gasteiger partial charge in [0.05, 0.1) is 30.9 Å². The summed E-state index contributed by atoms with van der Waals surface area (Å²) in [5, 5.41) is 14.5. The fourth-order valence-electron chi connectivity index (χ4n) is 4.23. The maximum absolute atomic E-state index is 14.3. The topological polar surface area (TPSA) is 117 Å². The van der Waals surface area contributed by atoms with E-state index in [0.29, 0.717) is 17.1 Å². The van der Waals surface area contributed by atoms with Crippen molar-refractivity contribution in [3.05, 3.63) is 83.4 Å². The number of carbonyl (C=O) groups is 3. The Morgan fingerprint density at radius 1 is 1.00 bits per heavy atom. The van der Waals surface area contributed by atoms with E-state index in [1.165, 1.54) is 42.3 Å². The van der Waals surface area contributed by atoms with Crippen molar-refractivity contribution in [2.24, 2.45) is 0 Å². The molecule has 0 bridgehead atoms. The van der Waals surface area contributed by atoms with E-state index in [-0.39, 0.29) is 36.4 Å². The number of methoxy groups -OCH3 is 1. The monoisotopic (exact) mass is 521 g/mol. The van der Waals surface area contributed by atoms with E-state index in [9.17, 15) is 18.8 Å². The van der Waals surface area contributed by atoms with Gasteiger partial charge in [-0.1, -0.05) is 18.2 Å². The molecule has 1 fully saturated rings. The van der Waals surface area contributed by atoms with Gasteiger partial charge in [-0.05, 0) is 61.0 Å². The molecule has 1 aliphatic rings. The molecule has 10 heteroatoms. The Morgan fingerprint density at radius 2 is 1.68 bits per heavy atom. The predicted octanol–water partition coefficient (Wildman–Crippen LogP) is 4.98. The van der Waals surface area contributed by atoms with Gasteiger partial charge in [0, 0.05) is 17.7 Å². The number of carboxylic acids is 1. The number of nitrogens with zero attached hydrogens (tertiary/aromatic N) is 1. The number of aryl methyl sites for hydroxylation is 1. The number of benzene rings is 3. The van der Waals surface area contributed by atoms with E-state index in [1.807, 2.05) is 25.1 Å². The number of amides is 3. The number of alkyl halides is 1. The van der Waals surface area contributed by atoms with Gasteiger partial charge in [0.2, 0.25) is 0 Å². The van der Waals surface area contributed by atoms with Gasteiger partial charge in [-0.3, -0.25) is 4.79 Å². The van der Waals surface area contributed by atoms with Crippen molar-refractivity contribution < 1.29 is 33.4 Å². The molecule has 0 radical (unpaired) electrons. The van der Waals surface area contributed by atoms with Crippen molar-refractivity contribution in [1.29, 1.82) is 0 Å². The third-order valence-corrected chi connectivity index (χ3v) is 6.26. The molecule has 0 saturated carbocycles. The van der Waals surface area contributed by atoms with Crippen molar-refractivity contribution in [2.45, 2.75) is 25.6 Å². The normalized spacial score (nSPS) is 16.6. The second kappa shape index (κ2) is 11.6. The van der Waals surface area contributed by atoms with Crippen molar-refractivity contribution in [1.82, 2.24) is 4.90 Å². The first-order chi connectivity index (χ1) is 18.2. The first kappa shape index (κ1) is 26.5. The van der Waals surface area contributed by atoms with Gasteiger partial charge in [0.1, 0.15) is 24.3 Å². The minimum Gasteiger partial charge on any atom is -0.495 e. The van der Waals surface area contributed by atoms with Gasteiger partial charge in [-0.15, -0.1) is 0 Å². The summed E-state index contributed by atoms with van der Waals surface area (Å²) in [6.07, 6.45) is -1.08. The van der Waals surface area contributed by atoms with Gasteiger partial charge >= 0.3 is 12.0 Å². The van der Waals surface area contributed by atoms with Gasteiger partial charge in [0.15, 0.2) is 0 Å². The molecule has 1 heterocycles.